The first-order valence-electron chi connectivity index (χ1n) is 9.05. The Morgan fingerprint density at radius 1 is 1.16 bits per heavy atom. The molecule has 0 saturated heterocycles. The average Bonchev–Trinajstić information content (AvgIpc) is 2.79. The summed E-state index contributed by atoms with van der Waals surface area (Å²) in [5, 5.41) is 9.69. The fourth-order valence-electron chi connectivity index (χ4n) is 2.49. The van der Waals surface area contributed by atoms with Crippen molar-refractivity contribution < 1.29 is 43.2 Å². The van der Waals surface area contributed by atoms with E-state index in [1.54, 1.807) is 18.3 Å². The van der Waals surface area contributed by atoms with E-state index < -0.39 is 17.7 Å². The zero-order valence-electron chi connectivity index (χ0n) is 16.3. The van der Waals surface area contributed by atoms with Gasteiger partial charge in [-0.2, -0.15) is 25.3 Å². The molecule has 1 aliphatic heterocycles. The first-order valence-corrected chi connectivity index (χ1v) is 10.0. The number of carbonyl (C=O) groups excluding carboxylic acids is 1. The van der Waals surface area contributed by atoms with Crippen molar-refractivity contribution >= 4 is 28.4 Å². The van der Waals surface area contributed by atoms with E-state index in [1.165, 1.54) is 6.08 Å². The molecule has 0 fully saturated rings. The number of hydrogen-bond donors (Lipinski definition) is 1. The molecule has 1 N–H and O–H groups in total. The van der Waals surface area contributed by atoms with Crippen LogP contribution in [0.3, 0.4) is 0 Å². The van der Waals surface area contributed by atoms with Gasteiger partial charge in [0.05, 0.1) is 10.4 Å². The van der Waals surface area contributed by atoms with E-state index in [4.69, 9.17) is 5.11 Å². The van der Waals surface area contributed by atoms with Gasteiger partial charge >= 0.3 is 6.18 Å². The van der Waals surface area contributed by atoms with Crippen LogP contribution in [0, 0.1) is 6.07 Å². The second kappa shape index (κ2) is 11.8. The van der Waals surface area contributed by atoms with Gasteiger partial charge in [-0.1, -0.05) is 42.5 Å². The number of allylic oxidation sites excluding steroid dienone is 5. The Bertz CT molecular complexity index is 1160. The van der Waals surface area contributed by atoms with E-state index in [2.05, 4.69) is 22.1 Å². The third-order valence-corrected chi connectivity index (χ3v) is 4.97. The summed E-state index contributed by atoms with van der Waals surface area (Å²) in [5.74, 6) is -2.17. The van der Waals surface area contributed by atoms with Crippen LogP contribution in [-0.4, -0.2) is 32.8 Å². The summed E-state index contributed by atoms with van der Waals surface area (Å²) in [5.41, 5.74) is 2.63. The molecule has 0 saturated carbocycles. The molecule has 3 aromatic rings. The molecule has 167 valence electrons. The number of halogens is 3. The number of alkyl halides is 3. The summed E-state index contributed by atoms with van der Waals surface area (Å²) in [6, 6.07) is 18.9. The molecule has 1 aliphatic rings. The van der Waals surface area contributed by atoms with Crippen molar-refractivity contribution in [2.24, 2.45) is 0 Å². The maximum absolute atomic E-state index is 11.9. The Balaban J connectivity index is 0.000000221. The van der Waals surface area contributed by atoms with Crippen molar-refractivity contribution in [1.82, 2.24) is 9.97 Å². The summed E-state index contributed by atoms with van der Waals surface area (Å²) in [4.78, 5) is 20.2. The van der Waals surface area contributed by atoms with E-state index in [0.717, 1.165) is 34.1 Å². The summed E-state index contributed by atoms with van der Waals surface area (Å²) >= 11 is 1.13. The number of aliphatic hydroxyl groups is 1. The number of thioether (sulfide) groups is 1. The minimum absolute atomic E-state index is 0. The van der Waals surface area contributed by atoms with Crippen LogP contribution in [0.1, 0.15) is 0 Å². The van der Waals surface area contributed by atoms with E-state index in [9.17, 15) is 18.0 Å². The molecule has 0 bridgehead atoms. The number of pyridine rings is 2. The molecule has 1 aromatic carbocycles. The zero-order chi connectivity index (χ0) is 22.3. The number of carbonyl (C=O) groups is 1. The number of aliphatic hydroxyl groups excluding tert-OH is 1. The second-order valence-corrected chi connectivity index (χ2v) is 7.24. The molecular weight excluding hydrogens is 618 g/mol. The number of rotatable bonds is 3. The topological polar surface area (TPSA) is 63.1 Å². The number of ketones is 1. The molecule has 3 heterocycles. The van der Waals surface area contributed by atoms with Crippen molar-refractivity contribution in [1.29, 1.82) is 0 Å². The molecule has 4 nitrogen and oxygen atoms in total. The molecule has 2 aromatic heterocycles. The number of fused-ring (bicyclic) bond motifs is 1. The molecule has 0 unspecified atom stereocenters. The minimum Gasteiger partial charge on any atom is -0.504 e. The molecule has 0 spiro atoms. The smallest absolute Gasteiger partial charge is 0.448 e. The fourth-order valence-corrected chi connectivity index (χ4v) is 3.25. The molecule has 9 heteroatoms. The summed E-state index contributed by atoms with van der Waals surface area (Å²) in [6.07, 6.45) is 1.85. The van der Waals surface area contributed by atoms with Crippen LogP contribution in [0.5, 0.6) is 0 Å². The van der Waals surface area contributed by atoms with Crippen molar-refractivity contribution in [2.75, 3.05) is 5.75 Å². The predicted octanol–water partition coefficient (Wildman–Crippen LogP) is 5.84. The largest absolute Gasteiger partial charge is 0.504 e. The molecule has 0 amide bonds. The van der Waals surface area contributed by atoms with Gasteiger partial charge in [-0.25, -0.2) is 0 Å². The maximum Gasteiger partial charge on any atom is 0.448 e. The van der Waals surface area contributed by atoms with Crippen LogP contribution in [0.25, 0.3) is 22.3 Å². The first kappa shape index (κ1) is 25.5. The molecule has 32 heavy (non-hydrogen) atoms. The monoisotopic (exact) mass is 634 g/mol. The van der Waals surface area contributed by atoms with Gasteiger partial charge in [0.1, 0.15) is 0 Å². The Kier molecular flexibility index (Phi) is 9.38. The standard InChI is InChI=1S/C14H9N2.C9H7F3O2S.Ir/c1-2-6-12-11(5-1)8-9-14(16-12)13-7-3-4-10-15-13;10-9(11,12)8(14)5-6(13)7-3-1-2-4-15-7;/h1-6,8-10H;1-3,5,14H,4H2;/q-1;;/b;8-5-;. The fraction of sp³-hybridized carbons (Fsp3) is 0.0870. The molecule has 1 radical (unpaired) electrons. The van der Waals surface area contributed by atoms with Crippen LogP contribution in [0.2, 0.25) is 0 Å². The van der Waals surface area contributed by atoms with Crippen LogP contribution >= 0.6 is 11.8 Å². The van der Waals surface area contributed by atoms with Gasteiger partial charge < -0.3 is 10.1 Å². The average molecular weight is 634 g/mol. The summed E-state index contributed by atoms with van der Waals surface area (Å²) in [7, 11) is 0. The minimum atomic E-state index is -4.87. The van der Waals surface area contributed by atoms with E-state index in [1.807, 2.05) is 42.5 Å². The number of benzene rings is 1. The molecule has 0 atom stereocenters. The van der Waals surface area contributed by atoms with Crippen LogP contribution in [-0.2, 0) is 24.9 Å². The van der Waals surface area contributed by atoms with Crippen LogP contribution < -0.4 is 0 Å². The zero-order valence-corrected chi connectivity index (χ0v) is 19.5. The van der Waals surface area contributed by atoms with Crippen LogP contribution in [0.4, 0.5) is 13.2 Å². The van der Waals surface area contributed by atoms with Crippen LogP contribution in [0.15, 0.2) is 89.7 Å². The van der Waals surface area contributed by atoms with Crippen molar-refractivity contribution in [3.63, 3.8) is 0 Å². The Morgan fingerprint density at radius 3 is 2.59 bits per heavy atom. The Labute approximate surface area is 200 Å². The SMILES string of the molecule is O=C(/C=C(\O)C(F)(F)F)C1=CC=CCS1.[Ir].[c-]1cccnc1-c1ccc2ccccc2n1. The number of hydrogen-bond acceptors (Lipinski definition) is 5. The Morgan fingerprint density at radius 2 is 1.94 bits per heavy atom. The maximum atomic E-state index is 11.9. The van der Waals surface area contributed by atoms with Gasteiger partial charge in [-0.3, -0.25) is 9.78 Å². The third kappa shape index (κ3) is 7.15. The van der Waals surface area contributed by atoms with Gasteiger partial charge in [0, 0.05) is 31.9 Å². The van der Waals surface area contributed by atoms with Gasteiger partial charge in [0.2, 0.25) is 5.76 Å². The van der Waals surface area contributed by atoms with Gasteiger partial charge in [-0.05, 0) is 35.1 Å². The van der Waals surface area contributed by atoms with Crippen molar-refractivity contribution in [2.45, 2.75) is 6.18 Å². The summed E-state index contributed by atoms with van der Waals surface area (Å²) < 4.78 is 35.6. The van der Waals surface area contributed by atoms with E-state index >= 15 is 0 Å². The molecular formula is C23H16F3IrN2O2S-. The number of aromatic nitrogens is 2. The second-order valence-electron chi connectivity index (χ2n) is 6.18. The first-order chi connectivity index (χ1) is 14.8. The Hall–Kier alpha value is -2.74. The van der Waals surface area contributed by atoms with Crippen molar-refractivity contribution in [3.8, 4) is 11.4 Å². The third-order valence-electron chi connectivity index (χ3n) is 3.97. The van der Waals surface area contributed by atoms with E-state index in [-0.39, 0.29) is 31.1 Å². The van der Waals surface area contributed by atoms with Gasteiger partial charge in [0.15, 0.2) is 5.78 Å². The predicted molar refractivity (Wildman–Crippen MR) is 115 cm³/mol. The molecule has 4 rings (SSSR count). The number of nitrogens with zero attached hydrogens (tertiary/aromatic N) is 2. The van der Waals surface area contributed by atoms with Crippen molar-refractivity contribution in [3.05, 3.63) is 95.8 Å². The summed E-state index contributed by atoms with van der Waals surface area (Å²) in [6.45, 7) is 0. The molecule has 0 aliphatic carbocycles. The quantitative estimate of drug-likeness (QED) is 0.223. The van der Waals surface area contributed by atoms with Gasteiger partial charge in [0.25, 0.3) is 0 Å². The van der Waals surface area contributed by atoms with E-state index in [0.29, 0.717) is 5.75 Å². The number of para-hydroxylation sites is 1. The normalized spacial score (nSPS) is 13.5. The van der Waals surface area contributed by atoms with Gasteiger partial charge in [-0.15, -0.1) is 17.8 Å².